The molecule has 2 fully saturated rings. The number of anilines is 2. The van der Waals surface area contributed by atoms with Crippen molar-refractivity contribution in [2.45, 2.75) is 25.7 Å². The topological polar surface area (TPSA) is 52.6 Å². The number of benzene rings is 1. The Kier molecular flexibility index (Phi) is 5.95. The van der Waals surface area contributed by atoms with Gasteiger partial charge in [-0.15, -0.1) is 10.2 Å². The fraction of sp³-hybridized carbons (Fsp3) is 0.476. The number of nitrogens with zero attached hydrogens (tertiary/aromatic N) is 5. The zero-order valence-electron chi connectivity index (χ0n) is 16.1. The minimum absolute atomic E-state index is 0.00662. The Labute approximate surface area is 171 Å². The molecule has 4 rings (SSSR count). The molecule has 0 atom stereocenters. The van der Waals surface area contributed by atoms with Crippen molar-refractivity contribution in [1.82, 2.24) is 15.1 Å². The maximum Gasteiger partial charge on any atom is 0.255 e. The fourth-order valence-electron chi connectivity index (χ4n) is 3.90. The summed E-state index contributed by atoms with van der Waals surface area (Å²) in [6.07, 6.45) is 5.06. The molecule has 1 aromatic heterocycles. The molecular formula is C21H26ClN5O. The van der Waals surface area contributed by atoms with Crippen LogP contribution in [0.5, 0.6) is 0 Å². The van der Waals surface area contributed by atoms with Gasteiger partial charge in [-0.05, 0) is 37.1 Å². The second-order valence-electron chi connectivity index (χ2n) is 7.41. The molecule has 7 heteroatoms. The lowest BCUT2D eigenvalue weighted by atomic mass is 10.2. The summed E-state index contributed by atoms with van der Waals surface area (Å²) in [4.78, 5) is 19.1. The van der Waals surface area contributed by atoms with E-state index >= 15 is 0 Å². The number of rotatable bonds is 3. The Bertz CT molecular complexity index is 797. The van der Waals surface area contributed by atoms with E-state index in [1.165, 1.54) is 25.7 Å². The minimum atomic E-state index is -0.00662. The van der Waals surface area contributed by atoms with Crippen LogP contribution in [0.15, 0.2) is 36.4 Å². The quantitative estimate of drug-likeness (QED) is 0.790. The maximum atomic E-state index is 12.7. The molecule has 3 heterocycles. The first-order valence-corrected chi connectivity index (χ1v) is 10.5. The van der Waals surface area contributed by atoms with E-state index in [1.54, 1.807) is 12.1 Å². The second-order valence-corrected chi connectivity index (χ2v) is 7.82. The molecular weight excluding hydrogens is 374 g/mol. The van der Waals surface area contributed by atoms with Gasteiger partial charge in [0.05, 0.1) is 10.6 Å². The molecule has 2 aromatic rings. The van der Waals surface area contributed by atoms with E-state index in [0.717, 1.165) is 37.8 Å². The van der Waals surface area contributed by atoms with Crippen LogP contribution in [0.3, 0.4) is 0 Å². The smallest absolute Gasteiger partial charge is 0.255 e. The Balaban J connectivity index is 1.36. The number of hydrogen-bond donors (Lipinski definition) is 0. The highest BCUT2D eigenvalue weighted by Gasteiger charge is 2.24. The largest absolute Gasteiger partial charge is 0.355 e. The lowest BCUT2D eigenvalue weighted by Crippen LogP contribution is -2.49. The first kappa shape index (κ1) is 19.0. The zero-order chi connectivity index (χ0) is 19.3. The van der Waals surface area contributed by atoms with E-state index in [4.69, 9.17) is 11.6 Å². The highest BCUT2D eigenvalue weighted by atomic mass is 35.5. The number of carbonyl (C=O) groups excluding carboxylic acids is 1. The molecule has 0 unspecified atom stereocenters. The van der Waals surface area contributed by atoms with Crippen LogP contribution < -0.4 is 9.80 Å². The molecule has 0 spiro atoms. The first-order valence-electron chi connectivity index (χ1n) is 10.1. The van der Waals surface area contributed by atoms with Crippen LogP contribution in [-0.2, 0) is 0 Å². The van der Waals surface area contributed by atoms with Crippen molar-refractivity contribution in [3.05, 3.63) is 47.0 Å². The predicted molar refractivity (Wildman–Crippen MR) is 112 cm³/mol. The molecule has 2 aliphatic rings. The van der Waals surface area contributed by atoms with Crippen LogP contribution in [-0.4, -0.2) is 60.3 Å². The molecule has 0 saturated carbocycles. The molecule has 2 aliphatic heterocycles. The Hall–Kier alpha value is -2.34. The van der Waals surface area contributed by atoms with Crippen molar-refractivity contribution in [2.75, 3.05) is 49.1 Å². The Morgan fingerprint density at radius 2 is 1.32 bits per heavy atom. The van der Waals surface area contributed by atoms with Gasteiger partial charge in [0.2, 0.25) is 0 Å². The first-order chi connectivity index (χ1) is 13.7. The molecule has 6 nitrogen and oxygen atoms in total. The van der Waals surface area contributed by atoms with Gasteiger partial charge in [0.25, 0.3) is 5.91 Å². The molecule has 2 saturated heterocycles. The lowest BCUT2D eigenvalue weighted by Gasteiger charge is -2.35. The minimum Gasteiger partial charge on any atom is -0.355 e. The molecule has 0 aliphatic carbocycles. The highest BCUT2D eigenvalue weighted by Crippen LogP contribution is 2.21. The van der Waals surface area contributed by atoms with E-state index in [0.29, 0.717) is 23.7 Å². The number of aromatic nitrogens is 2. The van der Waals surface area contributed by atoms with Crippen LogP contribution in [0, 0.1) is 0 Å². The van der Waals surface area contributed by atoms with Crippen molar-refractivity contribution in [2.24, 2.45) is 0 Å². The predicted octanol–water partition coefficient (Wildman–Crippen LogP) is 3.47. The van der Waals surface area contributed by atoms with E-state index < -0.39 is 0 Å². The van der Waals surface area contributed by atoms with Crippen LogP contribution >= 0.6 is 11.6 Å². The summed E-state index contributed by atoms with van der Waals surface area (Å²) in [5.41, 5.74) is 0.569. The third-order valence-corrected chi connectivity index (χ3v) is 5.89. The summed E-state index contributed by atoms with van der Waals surface area (Å²) in [6.45, 7) is 4.93. The zero-order valence-corrected chi connectivity index (χ0v) is 16.8. The van der Waals surface area contributed by atoms with Gasteiger partial charge >= 0.3 is 0 Å². The van der Waals surface area contributed by atoms with E-state index in [1.807, 2.05) is 17.0 Å². The van der Waals surface area contributed by atoms with Gasteiger partial charge in [-0.2, -0.15) is 0 Å². The van der Waals surface area contributed by atoms with Crippen molar-refractivity contribution < 1.29 is 4.79 Å². The van der Waals surface area contributed by atoms with Crippen LogP contribution in [0.2, 0.25) is 5.02 Å². The van der Waals surface area contributed by atoms with E-state index in [-0.39, 0.29) is 5.91 Å². The van der Waals surface area contributed by atoms with Crippen LogP contribution in [0.1, 0.15) is 36.0 Å². The lowest BCUT2D eigenvalue weighted by molar-refractivity contribution is 0.0746. The maximum absolute atomic E-state index is 12.7. The van der Waals surface area contributed by atoms with Gasteiger partial charge in [-0.3, -0.25) is 4.79 Å². The van der Waals surface area contributed by atoms with Crippen LogP contribution in [0.4, 0.5) is 11.6 Å². The number of amides is 1. The average molecular weight is 400 g/mol. The molecule has 0 radical (unpaired) electrons. The van der Waals surface area contributed by atoms with Crippen molar-refractivity contribution in [1.29, 1.82) is 0 Å². The third-order valence-electron chi connectivity index (χ3n) is 5.56. The van der Waals surface area contributed by atoms with E-state index in [2.05, 4.69) is 32.1 Å². The monoisotopic (exact) mass is 399 g/mol. The van der Waals surface area contributed by atoms with Gasteiger partial charge in [-0.25, -0.2) is 0 Å². The van der Waals surface area contributed by atoms with Gasteiger partial charge < -0.3 is 14.7 Å². The summed E-state index contributed by atoms with van der Waals surface area (Å²) >= 11 is 6.17. The van der Waals surface area contributed by atoms with Crippen molar-refractivity contribution in [3.8, 4) is 0 Å². The second kappa shape index (κ2) is 8.78. The van der Waals surface area contributed by atoms with Gasteiger partial charge in [0, 0.05) is 39.3 Å². The van der Waals surface area contributed by atoms with Gasteiger partial charge in [0.1, 0.15) is 0 Å². The Morgan fingerprint density at radius 3 is 1.89 bits per heavy atom. The van der Waals surface area contributed by atoms with Crippen molar-refractivity contribution >= 4 is 29.1 Å². The number of carbonyl (C=O) groups is 1. The molecule has 148 valence electrons. The molecule has 28 heavy (non-hydrogen) atoms. The summed E-state index contributed by atoms with van der Waals surface area (Å²) in [7, 11) is 0. The van der Waals surface area contributed by atoms with Crippen molar-refractivity contribution in [3.63, 3.8) is 0 Å². The summed E-state index contributed by atoms with van der Waals surface area (Å²) < 4.78 is 0. The summed E-state index contributed by atoms with van der Waals surface area (Å²) in [5, 5.41) is 9.43. The molecule has 1 amide bonds. The van der Waals surface area contributed by atoms with Gasteiger partial charge in [-0.1, -0.05) is 36.6 Å². The van der Waals surface area contributed by atoms with Crippen LogP contribution in [0.25, 0.3) is 0 Å². The molecule has 0 N–H and O–H groups in total. The fourth-order valence-corrected chi connectivity index (χ4v) is 4.12. The third kappa shape index (κ3) is 4.22. The number of halogens is 1. The Morgan fingerprint density at radius 1 is 0.750 bits per heavy atom. The average Bonchev–Trinajstić information content (AvgIpc) is 3.04. The number of hydrogen-bond acceptors (Lipinski definition) is 5. The SMILES string of the molecule is O=C(c1ccccc1Cl)N1CCN(c2ccc(N3CCCCCC3)nn2)CC1. The highest BCUT2D eigenvalue weighted by molar-refractivity contribution is 6.33. The molecule has 1 aromatic carbocycles. The number of piperazine rings is 1. The van der Waals surface area contributed by atoms with Gasteiger partial charge in [0.15, 0.2) is 11.6 Å². The summed E-state index contributed by atoms with van der Waals surface area (Å²) in [6, 6.07) is 11.4. The normalized spacial score (nSPS) is 18.1. The molecule has 0 bridgehead atoms. The standard InChI is InChI=1S/C21H26ClN5O/c22-18-8-4-3-7-17(18)21(28)27-15-13-26(14-16-27)20-10-9-19(23-24-20)25-11-5-1-2-6-12-25/h3-4,7-10H,1-2,5-6,11-16H2. The summed E-state index contributed by atoms with van der Waals surface area (Å²) in [5.74, 6) is 1.84. The van der Waals surface area contributed by atoms with E-state index in [9.17, 15) is 4.79 Å².